The van der Waals surface area contributed by atoms with E-state index in [0.29, 0.717) is 5.84 Å². The van der Waals surface area contributed by atoms with Crippen molar-refractivity contribution in [2.75, 3.05) is 0 Å². The number of para-hydroxylation sites is 1. The van der Waals surface area contributed by atoms with E-state index in [1.165, 1.54) is 50.5 Å². The summed E-state index contributed by atoms with van der Waals surface area (Å²) in [6.45, 7) is 4.39. The molecule has 1 aromatic heterocycles. The van der Waals surface area contributed by atoms with Gasteiger partial charge in [0.1, 0.15) is 6.04 Å². The van der Waals surface area contributed by atoms with Gasteiger partial charge >= 0.3 is 0 Å². The number of rotatable bonds is 7. The Hall–Kier alpha value is -6.52. The van der Waals surface area contributed by atoms with E-state index in [0.717, 1.165) is 33.4 Å². The van der Waals surface area contributed by atoms with Crippen LogP contribution in [0.3, 0.4) is 0 Å². The molecule has 0 atom stereocenters. The molecule has 0 spiro atoms. The monoisotopic (exact) mass is 658 g/mol. The standard InChI is InChI=1S/C47H38N4/c1-32-15-9-10-23-39(32)45-33(2)16-13-25-40(45)36-27-28-44-42(30-36)41-24-11-12-26-43(41)51(44)38-22-14-21-37(29-38)47(49-31-48)50-46(34-17-5-3-6-18-34)35-19-7-4-8-20-35/h3-31,46H,1-2H3,(H2,48,49,50). The third-order valence-corrected chi connectivity index (χ3v) is 9.71. The first kappa shape index (κ1) is 31.7. The predicted octanol–water partition coefficient (Wildman–Crippen LogP) is 11.3. The van der Waals surface area contributed by atoms with Crippen molar-refractivity contribution >= 4 is 34.0 Å². The van der Waals surface area contributed by atoms with E-state index >= 15 is 0 Å². The molecule has 2 N–H and O–H groups in total. The van der Waals surface area contributed by atoms with Gasteiger partial charge in [-0.25, -0.2) is 4.99 Å². The van der Waals surface area contributed by atoms with Crippen molar-refractivity contribution in [2.45, 2.75) is 19.9 Å². The molecule has 4 nitrogen and oxygen atoms in total. The summed E-state index contributed by atoms with van der Waals surface area (Å²) in [5, 5.41) is 2.40. The number of aromatic nitrogens is 1. The van der Waals surface area contributed by atoms with Gasteiger partial charge in [-0.1, -0.05) is 140 Å². The van der Waals surface area contributed by atoms with Gasteiger partial charge in [-0.15, -0.1) is 0 Å². The Kier molecular flexibility index (Phi) is 8.57. The quantitative estimate of drug-likeness (QED) is 0.134. The maximum absolute atomic E-state index is 5.95. The lowest BCUT2D eigenvalue weighted by Crippen LogP contribution is -2.07. The van der Waals surface area contributed by atoms with Crippen LogP contribution >= 0.6 is 0 Å². The van der Waals surface area contributed by atoms with E-state index < -0.39 is 0 Å². The summed E-state index contributed by atoms with van der Waals surface area (Å²) in [6.07, 6.45) is 1.33. The Morgan fingerprint density at radius 1 is 0.569 bits per heavy atom. The Morgan fingerprint density at radius 3 is 1.94 bits per heavy atom. The van der Waals surface area contributed by atoms with Crippen molar-refractivity contribution in [3.05, 3.63) is 198 Å². The van der Waals surface area contributed by atoms with Crippen molar-refractivity contribution in [1.82, 2.24) is 4.57 Å². The van der Waals surface area contributed by atoms with Gasteiger partial charge in [0.25, 0.3) is 0 Å². The predicted molar refractivity (Wildman–Crippen MR) is 215 cm³/mol. The third-order valence-electron chi connectivity index (χ3n) is 9.71. The van der Waals surface area contributed by atoms with Gasteiger partial charge in [0, 0.05) is 22.0 Å². The Labute approximate surface area is 298 Å². The van der Waals surface area contributed by atoms with Crippen LogP contribution in [0.5, 0.6) is 0 Å². The summed E-state index contributed by atoms with van der Waals surface area (Å²) in [4.78, 5) is 9.86. The van der Waals surface area contributed by atoms with Crippen LogP contribution < -0.4 is 5.73 Å². The number of aliphatic imine (C=N–C) groups is 2. The zero-order valence-electron chi connectivity index (χ0n) is 28.7. The molecular formula is C47H38N4. The molecule has 0 amide bonds. The van der Waals surface area contributed by atoms with Crippen molar-refractivity contribution in [2.24, 2.45) is 15.7 Å². The van der Waals surface area contributed by atoms with Crippen LogP contribution in [0.2, 0.25) is 0 Å². The topological polar surface area (TPSA) is 55.7 Å². The highest BCUT2D eigenvalue weighted by Gasteiger charge is 2.18. The number of fused-ring (bicyclic) bond motifs is 3. The van der Waals surface area contributed by atoms with Crippen LogP contribution in [0.15, 0.2) is 180 Å². The first-order valence-electron chi connectivity index (χ1n) is 17.3. The molecule has 8 aromatic rings. The highest BCUT2D eigenvalue weighted by atomic mass is 15.0. The zero-order valence-corrected chi connectivity index (χ0v) is 28.7. The number of nitrogens with zero attached hydrogens (tertiary/aromatic N) is 3. The average Bonchev–Trinajstić information content (AvgIpc) is 3.51. The molecule has 7 aromatic carbocycles. The van der Waals surface area contributed by atoms with Gasteiger partial charge in [0.15, 0.2) is 5.84 Å². The molecule has 8 rings (SSSR count). The largest absolute Gasteiger partial charge is 0.390 e. The maximum Gasteiger partial charge on any atom is 0.157 e. The summed E-state index contributed by atoms with van der Waals surface area (Å²) in [5.41, 5.74) is 19.8. The van der Waals surface area contributed by atoms with Crippen LogP contribution in [0, 0.1) is 13.8 Å². The lowest BCUT2D eigenvalue weighted by molar-refractivity contribution is 0.870. The molecule has 0 saturated carbocycles. The van der Waals surface area contributed by atoms with Crippen molar-refractivity contribution in [1.29, 1.82) is 0 Å². The number of amidine groups is 1. The molecule has 0 aliphatic heterocycles. The molecule has 0 bridgehead atoms. The minimum Gasteiger partial charge on any atom is -0.390 e. The van der Waals surface area contributed by atoms with Gasteiger partial charge in [-0.2, -0.15) is 0 Å². The van der Waals surface area contributed by atoms with Gasteiger partial charge < -0.3 is 10.3 Å². The number of nitrogens with two attached hydrogens (primary N) is 1. The molecule has 0 aliphatic rings. The fourth-order valence-electron chi connectivity index (χ4n) is 7.31. The minimum absolute atomic E-state index is 0.243. The first-order chi connectivity index (χ1) is 25.1. The maximum atomic E-state index is 5.95. The summed E-state index contributed by atoms with van der Waals surface area (Å²) in [5.74, 6) is 0.572. The Morgan fingerprint density at radius 2 is 1.20 bits per heavy atom. The lowest BCUT2D eigenvalue weighted by atomic mass is 9.88. The Bertz CT molecular complexity index is 2520. The van der Waals surface area contributed by atoms with Crippen LogP contribution in [-0.4, -0.2) is 16.7 Å². The first-order valence-corrected chi connectivity index (χ1v) is 17.3. The molecule has 4 heteroatoms. The van der Waals surface area contributed by atoms with Crippen LogP contribution in [-0.2, 0) is 0 Å². The van der Waals surface area contributed by atoms with Crippen molar-refractivity contribution < 1.29 is 0 Å². The van der Waals surface area contributed by atoms with Crippen LogP contribution in [0.4, 0.5) is 0 Å². The molecule has 0 fully saturated rings. The number of hydrogen-bond acceptors (Lipinski definition) is 1. The number of aryl methyl sites for hydroxylation is 2. The van der Waals surface area contributed by atoms with Crippen molar-refractivity contribution in [3.8, 4) is 27.9 Å². The number of hydrogen-bond donors (Lipinski definition) is 1. The zero-order chi connectivity index (χ0) is 34.7. The lowest BCUT2D eigenvalue weighted by Gasteiger charge is -2.16. The van der Waals surface area contributed by atoms with E-state index in [1.807, 2.05) is 36.4 Å². The summed E-state index contributed by atoms with van der Waals surface area (Å²) in [7, 11) is 0. The van der Waals surface area contributed by atoms with Crippen LogP contribution in [0.1, 0.15) is 33.9 Å². The van der Waals surface area contributed by atoms with Gasteiger partial charge in [0.2, 0.25) is 0 Å². The van der Waals surface area contributed by atoms with Gasteiger partial charge in [-0.05, 0) is 88.7 Å². The fourth-order valence-corrected chi connectivity index (χ4v) is 7.31. The molecule has 0 aliphatic carbocycles. The van der Waals surface area contributed by atoms with E-state index in [9.17, 15) is 0 Å². The van der Waals surface area contributed by atoms with E-state index in [1.54, 1.807) is 0 Å². The van der Waals surface area contributed by atoms with E-state index in [4.69, 9.17) is 10.7 Å². The van der Waals surface area contributed by atoms with E-state index in [-0.39, 0.29) is 6.04 Å². The second-order valence-corrected chi connectivity index (χ2v) is 12.9. The summed E-state index contributed by atoms with van der Waals surface area (Å²) < 4.78 is 2.34. The van der Waals surface area contributed by atoms with Crippen molar-refractivity contribution in [3.63, 3.8) is 0 Å². The highest BCUT2D eigenvalue weighted by Crippen LogP contribution is 2.40. The molecule has 0 radical (unpaired) electrons. The Balaban J connectivity index is 1.28. The summed E-state index contributed by atoms with van der Waals surface area (Å²) in [6, 6.07) is 59.6. The second kappa shape index (κ2) is 13.8. The molecule has 0 unspecified atom stereocenters. The molecule has 51 heavy (non-hydrogen) atoms. The molecule has 1 heterocycles. The molecular weight excluding hydrogens is 621 g/mol. The smallest absolute Gasteiger partial charge is 0.157 e. The number of benzene rings is 7. The minimum atomic E-state index is -0.243. The van der Waals surface area contributed by atoms with E-state index in [2.05, 4.69) is 157 Å². The van der Waals surface area contributed by atoms with Gasteiger partial charge in [0.05, 0.1) is 17.4 Å². The SMILES string of the molecule is Cc1ccccc1-c1c(C)cccc1-c1ccc2c(c1)c1ccccc1n2-c1cccc(C(N=CN)=NC(c2ccccc2)c2ccccc2)c1. The fraction of sp³-hybridized carbons (Fsp3) is 0.0638. The average molecular weight is 659 g/mol. The molecule has 246 valence electrons. The molecule has 0 saturated heterocycles. The van der Waals surface area contributed by atoms with Gasteiger partial charge in [-0.3, -0.25) is 4.99 Å². The second-order valence-electron chi connectivity index (χ2n) is 12.9. The van der Waals surface area contributed by atoms with Crippen LogP contribution in [0.25, 0.3) is 49.7 Å². The summed E-state index contributed by atoms with van der Waals surface area (Å²) >= 11 is 0. The normalized spacial score (nSPS) is 12.0. The highest BCUT2D eigenvalue weighted by molar-refractivity contribution is 6.11. The third kappa shape index (κ3) is 6.02.